The van der Waals surface area contributed by atoms with Crippen molar-refractivity contribution in [3.8, 4) is 17.2 Å². The maximum atomic E-state index is 13.2. The molecule has 1 aliphatic heterocycles. The van der Waals surface area contributed by atoms with Crippen LogP contribution in [0.4, 0.5) is 0 Å². The molecule has 0 saturated carbocycles. The van der Waals surface area contributed by atoms with Crippen molar-refractivity contribution in [2.75, 3.05) is 34.4 Å². The summed E-state index contributed by atoms with van der Waals surface area (Å²) in [6.45, 7) is 0.715. The molecule has 1 aliphatic rings. The number of nitrogens with zero attached hydrogens (tertiary/aromatic N) is 1. The van der Waals surface area contributed by atoms with Gasteiger partial charge in [0.2, 0.25) is 0 Å². The lowest BCUT2D eigenvalue weighted by Crippen LogP contribution is -2.43. The monoisotopic (exact) mass is 315 g/mol. The van der Waals surface area contributed by atoms with E-state index in [2.05, 4.69) is 0 Å². The summed E-state index contributed by atoms with van der Waals surface area (Å²) in [6, 6.07) is 13.0. The zero-order valence-corrected chi connectivity index (χ0v) is 13.6. The molecule has 0 saturated heterocycles. The highest BCUT2D eigenvalue weighted by Gasteiger charge is 2.36. The third-order valence-corrected chi connectivity index (χ3v) is 4.26. The first-order chi connectivity index (χ1) is 11.1. The molecule has 1 unspecified atom stereocenters. The normalized spacial score (nSPS) is 23.4. The lowest BCUT2D eigenvalue weighted by Gasteiger charge is -2.44. The summed E-state index contributed by atoms with van der Waals surface area (Å²) in [5, 5.41) is 13.2. The van der Waals surface area contributed by atoms with Crippen molar-refractivity contribution < 1.29 is 18.9 Å². The first-order valence-electron chi connectivity index (χ1n) is 7.56. The van der Waals surface area contributed by atoms with Crippen LogP contribution in [0, 0.1) is 5.21 Å². The number of hydroxylamine groups is 3. The SMILES string of the molecule is COc1cc(OC)c2c(c1)OCC[N+](C)([O-])[C@H]2c1ccccc1. The minimum Gasteiger partial charge on any atom is -0.632 e. The molecular formula is C18H21NO4. The number of hydrogen-bond donors (Lipinski definition) is 0. The molecule has 0 spiro atoms. The largest absolute Gasteiger partial charge is 0.632 e. The summed E-state index contributed by atoms with van der Waals surface area (Å²) in [5.41, 5.74) is 1.72. The Kier molecular flexibility index (Phi) is 4.15. The summed E-state index contributed by atoms with van der Waals surface area (Å²) in [7, 11) is 4.87. The summed E-state index contributed by atoms with van der Waals surface area (Å²) in [5.74, 6) is 1.90. The molecule has 2 atom stereocenters. The molecule has 0 amide bonds. The molecule has 3 rings (SSSR count). The van der Waals surface area contributed by atoms with Crippen molar-refractivity contribution in [2.24, 2.45) is 0 Å². The minimum atomic E-state index is -0.445. The number of ether oxygens (including phenoxy) is 3. The van der Waals surface area contributed by atoms with E-state index in [1.54, 1.807) is 27.3 Å². The molecule has 0 N–H and O–H groups in total. The molecule has 5 nitrogen and oxygen atoms in total. The Balaban J connectivity index is 2.25. The van der Waals surface area contributed by atoms with E-state index in [9.17, 15) is 5.21 Å². The van der Waals surface area contributed by atoms with E-state index in [-0.39, 0.29) is 0 Å². The van der Waals surface area contributed by atoms with Crippen molar-refractivity contribution in [3.63, 3.8) is 0 Å². The molecule has 0 aromatic heterocycles. The molecule has 0 fully saturated rings. The third kappa shape index (κ3) is 2.85. The van der Waals surface area contributed by atoms with Gasteiger partial charge >= 0.3 is 0 Å². The molecule has 2 aromatic rings. The van der Waals surface area contributed by atoms with E-state index in [1.807, 2.05) is 36.4 Å². The van der Waals surface area contributed by atoms with Crippen LogP contribution in [0.1, 0.15) is 17.2 Å². The van der Waals surface area contributed by atoms with Crippen molar-refractivity contribution in [1.29, 1.82) is 0 Å². The van der Waals surface area contributed by atoms with Crippen LogP contribution < -0.4 is 14.2 Å². The number of methoxy groups -OCH3 is 2. The number of benzene rings is 2. The van der Waals surface area contributed by atoms with Gasteiger partial charge in [-0.05, 0) is 0 Å². The first-order valence-corrected chi connectivity index (χ1v) is 7.56. The quantitative estimate of drug-likeness (QED) is 0.645. The Hall–Kier alpha value is -2.24. The fourth-order valence-corrected chi connectivity index (χ4v) is 3.11. The predicted molar refractivity (Wildman–Crippen MR) is 87.7 cm³/mol. The molecule has 1 heterocycles. The lowest BCUT2D eigenvalue weighted by atomic mass is 9.95. The molecule has 5 heteroatoms. The van der Waals surface area contributed by atoms with Crippen LogP contribution in [0.25, 0.3) is 0 Å². The van der Waals surface area contributed by atoms with Crippen LogP contribution in [-0.2, 0) is 0 Å². The standard InChI is InChI=1S/C18H21NO4/c1-19(20)9-10-23-16-12-14(21-2)11-15(22-3)17(16)18(19)13-7-5-4-6-8-13/h4-8,11-12,18H,9-10H2,1-3H3/t18-,19?/m0/s1. The summed E-state index contributed by atoms with van der Waals surface area (Å²) < 4.78 is 16.3. The summed E-state index contributed by atoms with van der Waals surface area (Å²) >= 11 is 0. The molecule has 2 aromatic carbocycles. The second-order valence-electron chi connectivity index (χ2n) is 5.80. The van der Waals surface area contributed by atoms with Gasteiger partial charge < -0.3 is 24.1 Å². The highest BCUT2D eigenvalue weighted by molar-refractivity contribution is 5.54. The Morgan fingerprint density at radius 1 is 1.13 bits per heavy atom. The van der Waals surface area contributed by atoms with E-state index in [0.29, 0.717) is 30.4 Å². The Morgan fingerprint density at radius 3 is 2.52 bits per heavy atom. The molecule has 0 bridgehead atoms. The van der Waals surface area contributed by atoms with Crippen molar-refractivity contribution >= 4 is 0 Å². The van der Waals surface area contributed by atoms with Crippen LogP contribution in [-0.4, -0.2) is 39.1 Å². The van der Waals surface area contributed by atoms with E-state index in [4.69, 9.17) is 14.2 Å². The van der Waals surface area contributed by atoms with Crippen LogP contribution in [0.2, 0.25) is 0 Å². The zero-order valence-electron chi connectivity index (χ0n) is 13.6. The lowest BCUT2D eigenvalue weighted by molar-refractivity contribution is -0.885. The fourth-order valence-electron chi connectivity index (χ4n) is 3.11. The fraction of sp³-hybridized carbons (Fsp3) is 0.333. The predicted octanol–water partition coefficient (Wildman–Crippen LogP) is 3.13. The second-order valence-corrected chi connectivity index (χ2v) is 5.80. The maximum Gasteiger partial charge on any atom is 0.147 e. The van der Waals surface area contributed by atoms with Gasteiger partial charge in [-0.1, -0.05) is 30.3 Å². The highest BCUT2D eigenvalue weighted by atomic mass is 16.6. The van der Waals surface area contributed by atoms with Crippen molar-refractivity contribution in [2.45, 2.75) is 6.04 Å². The Morgan fingerprint density at radius 2 is 1.87 bits per heavy atom. The average molecular weight is 315 g/mol. The van der Waals surface area contributed by atoms with Gasteiger partial charge in [0.1, 0.15) is 36.4 Å². The molecule has 23 heavy (non-hydrogen) atoms. The molecular weight excluding hydrogens is 294 g/mol. The van der Waals surface area contributed by atoms with Crippen LogP contribution >= 0.6 is 0 Å². The maximum absolute atomic E-state index is 13.2. The number of fused-ring (bicyclic) bond motifs is 1. The van der Waals surface area contributed by atoms with Gasteiger partial charge in [-0.25, -0.2) is 0 Å². The Labute approximate surface area is 136 Å². The van der Waals surface area contributed by atoms with E-state index in [1.165, 1.54) is 0 Å². The van der Waals surface area contributed by atoms with Crippen molar-refractivity contribution in [3.05, 3.63) is 58.8 Å². The van der Waals surface area contributed by atoms with Gasteiger partial charge in [-0.15, -0.1) is 0 Å². The van der Waals surface area contributed by atoms with Crippen LogP contribution in [0.3, 0.4) is 0 Å². The van der Waals surface area contributed by atoms with Crippen LogP contribution in [0.5, 0.6) is 17.2 Å². The number of quaternary nitrogens is 1. The van der Waals surface area contributed by atoms with Gasteiger partial charge in [0.15, 0.2) is 0 Å². The topological polar surface area (TPSA) is 50.8 Å². The number of likely N-dealkylation sites (N-methyl/N-ethyl adjacent to an activating group) is 1. The summed E-state index contributed by atoms with van der Waals surface area (Å²) in [6.07, 6.45) is 0. The van der Waals surface area contributed by atoms with Gasteiger partial charge in [0, 0.05) is 17.7 Å². The second kappa shape index (κ2) is 6.10. The Bertz CT molecular complexity index is 685. The van der Waals surface area contributed by atoms with Crippen LogP contribution in [0.15, 0.2) is 42.5 Å². The molecule has 122 valence electrons. The first kappa shape index (κ1) is 15.6. The number of hydrogen-bond acceptors (Lipinski definition) is 4. The molecule has 0 aliphatic carbocycles. The third-order valence-electron chi connectivity index (χ3n) is 4.26. The highest BCUT2D eigenvalue weighted by Crippen LogP contribution is 2.46. The van der Waals surface area contributed by atoms with Gasteiger partial charge in [-0.3, -0.25) is 0 Å². The van der Waals surface area contributed by atoms with Gasteiger partial charge in [0.25, 0.3) is 0 Å². The minimum absolute atomic E-state index is 0.354. The average Bonchev–Trinajstić information content (AvgIpc) is 2.69. The zero-order chi connectivity index (χ0) is 16.4. The molecule has 0 radical (unpaired) electrons. The van der Waals surface area contributed by atoms with E-state index in [0.717, 1.165) is 11.1 Å². The van der Waals surface area contributed by atoms with E-state index >= 15 is 0 Å². The van der Waals surface area contributed by atoms with Gasteiger partial charge in [0.05, 0.1) is 26.8 Å². The number of rotatable bonds is 3. The summed E-state index contributed by atoms with van der Waals surface area (Å²) in [4.78, 5) is 0. The van der Waals surface area contributed by atoms with Crippen molar-refractivity contribution in [1.82, 2.24) is 0 Å². The van der Waals surface area contributed by atoms with E-state index < -0.39 is 10.7 Å². The smallest absolute Gasteiger partial charge is 0.147 e. The van der Waals surface area contributed by atoms with Gasteiger partial charge in [-0.2, -0.15) is 0 Å².